The molecular weight excluding hydrogens is 240 g/mol. The van der Waals surface area contributed by atoms with Gasteiger partial charge in [0.05, 0.1) is 6.61 Å². The van der Waals surface area contributed by atoms with Crippen LogP contribution in [0.15, 0.2) is 24.3 Å². The Morgan fingerprint density at radius 3 is 2.59 bits per heavy atom. The number of rotatable bonds is 5. The van der Waals surface area contributed by atoms with E-state index in [1.807, 2.05) is 0 Å². The number of ether oxygens (including phenoxy) is 1. The van der Waals surface area contributed by atoms with Crippen molar-refractivity contribution in [2.45, 2.75) is 20.3 Å². The van der Waals surface area contributed by atoms with Gasteiger partial charge in [-0.05, 0) is 25.5 Å². The van der Waals surface area contributed by atoms with E-state index in [0.717, 1.165) is 0 Å². The molecule has 92 valence electrons. The van der Waals surface area contributed by atoms with Crippen LogP contribution in [0.1, 0.15) is 30.6 Å². The molecule has 0 saturated carbocycles. The van der Waals surface area contributed by atoms with Crippen LogP contribution in [0.4, 0.5) is 0 Å². The first kappa shape index (κ1) is 13.7. The average molecular weight is 255 g/mol. The van der Waals surface area contributed by atoms with Crippen molar-refractivity contribution in [2.75, 3.05) is 6.61 Å². The van der Waals surface area contributed by atoms with Crippen LogP contribution in [-0.4, -0.2) is 18.4 Å². The minimum absolute atomic E-state index is 0.242. The monoisotopic (exact) mass is 254 g/mol. The van der Waals surface area contributed by atoms with Crippen LogP contribution in [0.3, 0.4) is 0 Å². The minimum Gasteiger partial charge on any atom is -0.465 e. The molecular formula is C13H15ClO3. The highest BCUT2D eigenvalue weighted by Crippen LogP contribution is 2.17. The van der Waals surface area contributed by atoms with Gasteiger partial charge in [0.2, 0.25) is 0 Å². The van der Waals surface area contributed by atoms with E-state index in [1.165, 1.54) is 0 Å². The van der Waals surface area contributed by atoms with E-state index in [0.29, 0.717) is 17.0 Å². The van der Waals surface area contributed by atoms with Gasteiger partial charge in [-0.15, -0.1) is 0 Å². The summed E-state index contributed by atoms with van der Waals surface area (Å²) in [6.07, 6.45) is 0.421. The van der Waals surface area contributed by atoms with E-state index in [1.54, 1.807) is 38.1 Å². The lowest BCUT2D eigenvalue weighted by Crippen LogP contribution is -2.25. The molecule has 4 heteroatoms. The van der Waals surface area contributed by atoms with Crippen LogP contribution >= 0.6 is 11.6 Å². The second-order valence-corrected chi connectivity index (χ2v) is 4.02. The van der Waals surface area contributed by atoms with Crippen molar-refractivity contribution in [3.8, 4) is 0 Å². The van der Waals surface area contributed by atoms with Gasteiger partial charge in [0.15, 0.2) is 5.78 Å². The predicted molar refractivity (Wildman–Crippen MR) is 66.2 cm³/mol. The van der Waals surface area contributed by atoms with Gasteiger partial charge in [-0.2, -0.15) is 0 Å². The molecule has 0 bridgehead atoms. The minimum atomic E-state index is -0.742. The molecule has 0 unspecified atom stereocenters. The number of carbonyl (C=O) groups excluding carboxylic acids is 2. The highest BCUT2D eigenvalue weighted by molar-refractivity contribution is 6.31. The summed E-state index contributed by atoms with van der Waals surface area (Å²) in [6, 6.07) is 6.58. The molecule has 0 radical (unpaired) electrons. The predicted octanol–water partition coefficient (Wildman–Crippen LogP) is 3.11. The summed E-state index contributed by atoms with van der Waals surface area (Å²) >= 11 is 5.81. The molecule has 3 nitrogen and oxygen atoms in total. The first-order chi connectivity index (χ1) is 8.10. The van der Waals surface area contributed by atoms with Gasteiger partial charge in [-0.3, -0.25) is 9.59 Å². The fraction of sp³-hybridized carbons (Fsp3) is 0.385. The third-order valence-corrected chi connectivity index (χ3v) is 2.64. The van der Waals surface area contributed by atoms with Crippen LogP contribution in [0.25, 0.3) is 0 Å². The number of ketones is 1. The summed E-state index contributed by atoms with van der Waals surface area (Å²) < 4.78 is 4.88. The maximum absolute atomic E-state index is 12.1. The van der Waals surface area contributed by atoms with Crippen LogP contribution in [0, 0.1) is 5.92 Å². The maximum atomic E-state index is 12.1. The highest BCUT2D eigenvalue weighted by atomic mass is 35.5. The van der Waals surface area contributed by atoms with Crippen molar-refractivity contribution < 1.29 is 14.3 Å². The van der Waals surface area contributed by atoms with E-state index in [9.17, 15) is 9.59 Å². The summed E-state index contributed by atoms with van der Waals surface area (Å²) in [6.45, 7) is 3.77. The molecule has 0 aliphatic carbocycles. The quantitative estimate of drug-likeness (QED) is 0.461. The molecule has 1 rings (SSSR count). The standard InChI is InChI=1S/C13H15ClO3/c1-3-11(13(16)17-4-2)12(15)9-6-5-7-10(14)8-9/h5-8,11H,3-4H2,1-2H3/t11-/m0/s1. The zero-order chi connectivity index (χ0) is 12.8. The van der Waals surface area contributed by atoms with Gasteiger partial charge in [-0.1, -0.05) is 30.7 Å². The van der Waals surface area contributed by atoms with Gasteiger partial charge in [0.1, 0.15) is 5.92 Å². The van der Waals surface area contributed by atoms with Crippen LogP contribution < -0.4 is 0 Å². The van der Waals surface area contributed by atoms with Gasteiger partial charge >= 0.3 is 5.97 Å². The normalized spacial score (nSPS) is 11.9. The fourth-order valence-electron chi connectivity index (χ4n) is 1.54. The molecule has 0 saturated heterocycles. The lowest BCUT2D eigenvalue weighted by atomic mass is 9.95. The third-order valence-electron chi connectivity index (χ3n) is 2.40. The number of benzene rings is 1. The highest BCUT2D eigenvalue weighted by Gasteiger charge is 2.27. The second-order valence-electron chi connectivity index (χ2n) is 3.59. The Morgan fingerprint density at radius 2 is 2.06 bits per heavy atom. The molecule has 0 aliphatic rings. The zero-order valence-electron chi connectivity index (χ0n) is 9.90. The van der Waals surface area contributed by atoms with Crippen molar-refractivity contribution in [1.82, 2.24) is 0 Å². The average Bonchev–Trinajstić information content (AvgIpc) is 2.30. The second kappa shape index (κ2) is 6.40. The van der Waals surface area contributed by atoms with Crippen LogP contribution in [0.5, 0.6) is 0 Å². The number of esters is 1. The van der Waals surface area contributed by atoms with E-state index < -0.39 is 11.9 Å². The van der Waals surface area contributed by atoms with E-state index in [4.69, 9.17) is 16.3 Å². The molecule has 0 spiro atoms. The number of Topliss-reactive ketones (excluding diaryl/α,β-unsaturated/α-hetero) is 1. The Morgan fingerprint density at radius 1 is 1.35 bits per heavy atom. The largest absolute Gasteiger partial charge is 0.465 e. The molecule has 0 N–H and O–H groups in total. The van der Waals surface area contributed by atoms with E-state index in [-0.39, 0.29) is 12.4 Å². The smallest absolute Gasteiger partial charge is 0.316 e. The summed E-state index contributed by atoms with van der Waals surface area (Å²) in [5.41, 5.74) is 0.442. The van der Waals surface area contributed by atoms with Gasteiger partial charge in [-0.25, -0.2) is 0 Å². The molecule has 1 aromatic carbocycles. The Bertz CT molecular complexity index is 415. The molecule has 1 atom stereocenters. The molecule has 0 amide bonds. The topological polar surface area (TPSA) is 43.4 Å². The van der Waals surface area contributed by atoms with Crippen molar-refractivity contribution >= 4 is 23.4 Å². The first-order valence-corrected chi connectivity index (χ1v) is 5.94. The maximum Gasteiger partial charge on any atom is 0.316 e. The SMILES string of the molecule is CCOC(=O)[C@@H](CC)C(=O)c1cccc(Cl)c1. The van der Waals surface area contributed by atoms with Crippen LogP contribution in [0.2, 0.25) is 5.02 Å². The summed E-state index contributed by atoms with van der Waals surface area (Å²) in [5, 5.41) is 0.481. The van der Waals surface area contributed by atoms with E-state index in [2.05, 4.69) is 0 Å². The van der Waals surface area contributed by atoms with Crippen molar-refractivity contribution in [2.24, 2.45) is 5.92 Å². The lowest BCUT2D eigenvalue weighted by molar-refractivity contribution is -0.146. The lowest BCUT2D eigenvalue weighted by Gasteiger charge is -2.12. The molecule has 0 heterocycles. The fourth-order valence-corrected chi connectivity index (χ4v) is 1.74. The van der Waals surface area contributed by atoms with Gasteiger partial charge < -0.3 is 4.74 Å². The number of halogens is 1. The van der Waals surface area contributed by atoms with Crippen molar-refractivity contribution in [1.29, 1.82) is 0 Å². The molecule has 0 aromatic heterocycles. The number of carbonyl (C=O) groups is 2. The third kappa shape index (κ3) is 3.56. The van der Waals surface area contributed by atoms with Gasteiger partial charge in [0, 0.05) is 10.6 Å². The molecule has 1 aromatic rings. The number of hydrogen-bond acceptors (Lipinski definition) is 3. The van der Waals surface area contributed by atoms with Gasteiger partial charge in [0.25, 0.3) is 0 Å². The summed E-state index contributed by atoms with van der Waals surface area (Å²) in [5.74, 6) is -1.46. The Labute approximate surface area is 106 Å². The van der Waals surface area contributed by atoms with E-state index >= 15 is 0 Å². The molecule has 0 fully saturated rings. The Hall–Kier alpha value is -1.35. The Balaban J connectivity index is 2.90. The summed E-state index contributed by atoms with van der Waals surface area (Å²) in [4.78, 5) is 23.7. The van der Waals surface area contributed by atoms with Crippen molar-refractivity contribution in [3.63, 3.8) is 0 Å². The summed E-state index contributed by atoms with van der Waals surface area (Å²) in [7, 11) is 0. The molecule has 17 heavy (non-hydrogen) atoms. The zero-order valence-corrected chi connectivity index (χ0v) is 10.7. The number of hydrogen-bond donors (Lipinski definition) is 0. The first-order valence-electron chi connectivity index (χ1n) is 5.56. The molecule has 0 aliphatic heterocycles. The van der Waals surface area contributed by atoms with Crippen LogP contribution in [-0.2, 0) is 9.53 Å². The van der Waals surface area contributed by atoms with Crippen molar-refractivity contribution in [3.05, 3.63) is 34.9 Å². The Kier molecular flexibility index (Phi) is 5.16.